The minimum Gasteiger partial charge on any atom is -0.399 e. The van der Waals surface area contributed by atoms with Crippen molar-refractivity contribution in [2.75, 3.05) is 12.3 Å². The summed E-state index contributed by atoms with van der Waals surface area (Å²) in [5.74, 6) is -2.55. The van der Waals surface area contributed by atoms with Gasteiger partial charge in [-0.2, -0.15) is 0 Å². The van der Waals surface area contributed by atoms with Crippen LogP contribution >= 0.6 is 0 Å². The van der Waals surface area contributed by atoms with Crippen LogP contribution in [0.4, 0.5) is 14.5 Å². The maximum atomic E-state index is 13.3. The molecule has 0 aliphatic heterocycles. The van der Waals surface area contributed by atoms with Gasteiger partial charge in [0.25, 0.3) is 0 Å². The number of aliphatic hydroxyl groups is 1. The molecule has 17 heavy (non-hydrogen) atoms. The van der Waals surface area contributed by atoms with Crippen LogP contribution in [0.25, 0.3) is 0 Å². The number of nitrogens with two attached hydrogens (primary N) is 1. The molecule has 0 aromatic heterocycles. The van der Waals surface area contributed by atoms with Crippen LogP contribution < -0.4 is 10.5 Å². The molecule has 0 radical (unpaired) electrons. The van der Waals surface area contributed by atoms with E-state index in [-0.39, 0.29) is 12.2 Å². The van der Waals surface area contributed by atoms with E-state index >= 15 is 0 Å². The van der Waals surface area contributed by atoms with Gasteiger partial charge < -0.3 is 10.8 Å². The van der Waals surface area contributed by atoms with E-state index in [1.165, 1.54) is 6.92 Å². The standard InChI is InChI=1S/C9H12F2N2O3S/c1-5(14)4-13-17(15,16)9-7(10)2-6(12)3-8(9)11/h2-3,5,13-14H,4,12H2,1H3. The van der Waals surface area contributed by atoms with E-state index in [2.05, 4.69) is 0 Å². The van der Waals surface area contributed by atoms with Gasteiger partial charge >= 0.3 is 0 Å². The molecule has 0 aliphatic rings. The molecule has 0 aliphatic carbocycles. The Morgan fingerprint density at radius 1 is 1.41 bits per heavy atom. The second-order valence-corrected chi connectivity index (χ2v) is 5.22. The van der Waals surface area contributed by atoms with Crippen molar-refractivity contribution in [2.24, 2.45) is 0 Å². The first-order valence-electron chi connectivity index (χ1n) is 4.66. The fraction of sp³-hybridized carbons (Fsp3) is 0.333. The highest BCUT2D eigenvalue weighted by Crippen LogP contribution is 2.21. The van der Waals surface area contributed by atoms with Crippen molar-refractivity contribution in [3.05, 3.63) is 23.8 Å². The summed E-state index contributed by atoms with van der Waals surface area (Å²) >= 11 is 0. The van der Waals surface area contributed by atoms with Crippen molar-refractivity contribution in [1.29, 1.82) is 0 Å². The number of nitrogen functional groups attached to an aromatic ring is 1. The largest absolute Gasteiger partial charge is 0.399 e. The third-order valence-corrected chi connectivity index (χ3v) is 3.33. The lowest BCUT2D eigenvalue weighted by atomic mass is 10.3. The quantitative estimate of drug-likeness (QED) is 0.679. The monoisotopic (exact) mass is 266 g/mol. The van der Waals surface area contributed by atoms with E-state index in [4.69, 9.17) is 10.8 Å². The van der Waals surface area contributed by atoms with E-state index in [9.17, 15) is 17.2 Å². The SMILES string of the molecule is CC(O)CNS(=O)(=O)c1c(F)cc(N)cc1F. The topological polar surface area (TPSA) is 92.4 Å². The Hall–Kier alpha value is -1.25. The molecule has 0 saturated heterocycles. The van der Waals surface area contributed by atoms with E-state index in [1.807, 2.05) is 4.72 Å². The van der Waals surface area contributed by atoms with Gasteiger partial charge in [0.1, 0.15) is 11.6 Å². The maximum absolute atomic E-state index is 13.3. The van der Waals surface area contributed by atoms with Crippen molar-refractivity contribution in [2.45, 2.75) is 17.9 Å². The normalized spacial score (nSPS) is 13.6. The highest BCUT2D eigenvalue weighted by molar-refractivity contribution is 7.89. The molecule has 1 aromatic rings. The molecule has 0 fully saturated rings. The lowest BCUT2D eigenvalue weighted by Gasteiger charge is -2.10. The number of hydrogen-bond donors (Lipinski definition) is 3. The first-order chi connectivity index (χ1) is 7.74. The van der Waals surface area contributed by atoms with Gasteiger partial charge in [0.15, 0.2) is 4.90 Å². The van der Waals surface area contributed by atoms with Crippen LogP contribution in [0.5, 0.6) is 0 Å². The Labute approximate surface area is 97.3 Å². The molecule has 0 spiro atoms. The molecule has 0 heterocycles. The zero-order valence-electron chi connectivity index (χ0n) is 8.94. The van der Waals surface area contributed by atoms with Crippen LogP contribution in [0.3, 0.4) is 0 Å². The van der Waals surface area contributed by atoms with Gasteiger partial charge in [0, 0.05) is 12.2 Å². The van der Waals surface area contributed by atoms with Gasteiger partial charge in [-0.25, -0.2) is 21.9 Å². The highest BCUT2D eigenvalue weighted by atomic mass is 32.2. The Balaban J connectivity index is 3.16. The lowest BCUT2D eigenvalue weighted by Crippen LogP contribution is -2.31. The number of anilines is 1. The molecule has 1 atom stereocenters. The first-order valence-corrected chi connectivity index (χ1v) is 6.14. The molecular formula is C9H12F2N2O3S. The number of halogens is 2. The number of rotatable bonds is 4. The van der Waals surface area contributed by atoms with Crippen molar-refractivity contribution in [1.82, 2.24) is 4.72 Å². The van der Waals surface area contributed by atoms with Crippen LogP contribution in [0.15, 0.2) is 17.0 Å². The molecule has 0 amide bonds. The summed E-state index contributed by atoms with van der Waals surface area (Å²) < 4.78 is 51.6. The van der Waals surface area contributed by atoms with Crippen molar-refractivity contribution >= 4 is 15.7 Å². The molecule has 0 bridgehead atoms. The van der Waals surface area contributed by atoms with E-state index in [0.717, 1.165) is 0 Å². The molecule has 4 N–H and O–H groups in total. The second-order valence-electron chi connectivity index (χ2n) is 3.51. The van der Waals surface area contributed by atoms with Gasteiger partial charge in [0.2, 0.25) is 10.0 Å². The van der Waals surface area contributed by atoms with Crippen molar-refractivity contribution < 1.29 is 22.3 Å². The van der Waals surface area contributed by atoms with Crippen LogP contribution in [0.1, 0.15) is 6.92 Å². The molecule has 0 saturated carbocycles. The van der Waals surface area contributed by atoms with Crippen molar-refractivity contribution in [3.8, 4) is 0 Å². The molecule has 1 rings (SSSR count). The van der Waals surface area contributed by atoms with Crippen LogP contribution in [0, 0.1) is 11.6 Å². The van der Waals surface area contributed by atoms with Gasteiger partial charge in [-0.15, -0.1) is 0 Å². The predicted molar refractivity (Wildman–Crippen MR) is 57.6 cm³/mol. The molecule has 96 valence electrons. The summed E-state index contributed by atoms with van der Waals surface area (Å²) in [7, 11) is -4.35. The summed E-state index contributed by atoms with van der Waals surface area (Å²) in [6.07, 6.45) is -0.968. The summed E-state index contributed by atoms with van der Waals surface area (Å²) in [5, 5.41) is 8.91. The second kappa shape index (κ2) is 4.94. The minimum atomic E-state index is -4.35. The van der Waals surface area contributed by atoms with Gasteiger partial charge in [-0.3, -0.25) is 0 Å². The number of nitrogens with one attached hydrogen (secondary N) is 1. The minimum absolute atomic E-state index is 0.213. The summed E-state index contributed by atoms with van der Waals surface area (Å²) in [5.41, 5.74) is 4.95. The maximum Gasteiger partial charge on any atom is 0.246 e. The third-order valence-electron chi connectivity index (χ3n) is 1.86. The van der Waals surface area contributed by atoms with Gasteiger partial charge in [-0.1, -0.05) is 0 Å². The van der Waals surface area contributed by atoms with Crippen LogP contribution in [-0.4, -0.2) is 26.2 Å². The number of hydrogen-bond acceptors (Lipinski definition) is 4. The zero-order chi connectivity index (χ0) is 13.2. The molecular weight excluding hydrogens is 254 g/mol. The third kappa shape index (κ3) is 3.35. The highest BCUT2D eigenvalue weighted by Gasteiger charge is 2.24. The Morgan fingerprint density at radius 2 is 1.88 bits per heavy atom. The first kappa shape index (κ1) is 13.8. The van der Waals surface area contributed by atoms with E-state index in [0.29, 0.717) is 12.1 Å². The Morgan fingerprint density at radius 3 is 2.29 bits per heavy atom. The van der Waals surface area contributed by atoms with Crippen LogP contribution in [-0.2, 0) is 10.0 Å². The number of aliphatic hydroxyl groups excluding tert-OH is 1. The zero-order valence-corrected chi connectivity index (χ0v) is 9.76. The fourth-order valence-corrected chi connectivity index (χ4v) is 2.37. The lowest BCUT2D eigenvalue weighted by molar-refractivity contribution is 0.198. The average Bonchev–Trinajstić information content (AvgIpc) is 2.12. The summed E-state index contributed by atoms with van der Waals surface area (Å²) in [6, 6.07) is 1.42. The average molecular weight is 266 g/mol. The van der Waals surface area contributed by atoms with E-state index in [1.54, 1.807) is 0 Å². The van der Waals surface area contributed by atoms with E-state index < -0.39 is 32.7 Å². The molecule has 8 heteroatoms. The Bertz CT molecular complexity index is 494. The number of benzene rings is 1. The summed E-state index contributed by atoms with van der Waals surface area (Å²) in [4.78, 5) is -1.10. The van der Waals surface area contributed by atoms with Gasteiger partial charge in [0.05, 0.1) is 6.10 Å². The number of sulfonamides is 1. The van der Waals surface area contributed by atoms with Crippen molar-refractivity contribution in [3.63, 3.8) is 0 Å². The fourth-order valence-electron chi connectivity index (χ4n) is 1.14. The molecule has 5 nitrogen and oxygen atoms in total. The smallest absolute Gasteiger partial charge is 0.246 e. The summed E-state index contributed by atoms with van der Waals surface area (Å²) in [6.45, 7) is 0.990. The van der Waals surface area contributed by atoms with Crippen LogP contribution in [0.2, 0.25) is 0 Å². The predicted octanol–water partition coefficient (Wildman–Crippen LogP) is 0.206. The van der Waals surface area contributed by atoms with Gasteiger partial charge in [-0.05, 0) is 19.1 Å². The Kier molecular flexibility index (Phi) is 4.02. The molecule has 1 aromatic carbocycles. The molecule has 1 unspecified atom stereocenters.